The summed E-state index contributed by atoms with van der Waals surface area (Å²) >= 11 is 9.81. The van der Waals surface area contributed by atoms with Crippen molar-refractivity contribution in [3.63, 3.8) is 0 Å². The molecule has 0 aliphatic carbocycles. The summed E-state index contributed by atoms with van der Waals surface area (Å²) in [4.78, 5) is 0.216. The van der Waals surface area contributed by atoms with E-state index in [1.54, 1.807) is 7.11 Å². The summed E-state index contributed by atoms with van der Waals surface area (Å²) in [7, 11) is 1.68. The largest absolute Gasteiger partial charge is 0.496 e. The zero-order valence-corrected chi connectivity index (χ0v) is 12.3. The average Bonchev–Trinajstić information content (AvgIpc) is 2.74. The zero-order valence-electron chi connectivity index (χ0n) is 9.95. The van der Waals surface area contributed by atoms with Crippen molar-refractivity contribution in [2.24, 2.45) is 5.92 Å². The zero-order chi connectivity index (χ0) is 12.4. The van der Waals surface area contributed by atoms with Crippen LogP contribution in [0.1, 0.15) is 23.7 Å². The van der Waals surface area contributed by atoms with Crippen LogP contribution in [-0.2, 0) is 4.74 Å². The Balaban J connectivity index is 2.28. The molecule has 1 aliphatic heterocycles. The molecule has 0 saturated carbocycles. The first-order valence-electron chi connectivity index (χ1n) is 5.72. The van der Waals surface area contributed by atoms with Gasteiger partial charge in [-0.15, -0.1) is 0 Å². The number of hydrogen-bond donors (Lipinski definition) is 0. The van der Waals surface area contributed by atoms with E-state index in [4.69, 9.17) is 21.1 Å². The third kappa shape index (κ3) is 2.78. The molecule has 94 valence electrons. The van der Waals surface area contributed by atoms with Gasteiger partial charge in [0.2, 0.25) is 0 Å². The van der Waals surface area contributed by atoms with E-state index in [-0.39, 0.29) is 10.9 Å². The molecule has 0 N–H and O–H groups in total. The van der Waals surface area contributed by atoms with E-state index in [0.717, 1.165) is 29.4 Å². The summed E-state index contributed by atoms with van der Waals surface area (Å²) in [5.74, 6) is 1.33. The third-order valence-corrected chi connectivity index (χ3v) is 4.71. The Morgan fingerprint density at radius 3 is 2.88 bits per heavy atom. The Kier molecular flexibility index (Phi) is 4.34. The molecule has 0 spiro atoms. The minimum Gasteiger partial charge on any atom is -0.496 e. The quantitative estimate of drug-likeness (QED) is 0.777. The number of halogens is 2. The van der Waals surface area contributed by atoms with Gasteiger partial charge in [0.05, 0.1) is 13.2 Å². The lowest BCUT2D eigenvalue weighted by Gasteiger charge is -2.22. The van der Waals surface area contributed by atoms with Gasteiger partial charge in [-0.05, 0) is 31.5 Å². The summed E-state index contributed by atoms with van der Waals surface area (Å²) in [6, 6.07) is 5.72. The molecule has 17 heavy (non-hydrogen) atoms. The van der Waals surface area contributed by atoms with Gasteiger partial charge < -0.3 is 9.47 Å². The maximum absolute atomic E-state index is 6.05. The van der Waals surface area contributed by atoms with Crippen molar-refractivity contribution in [1.82, 2.24) is 0 Å². The highest BCUT2D eigenvalue weighted by molar-refractivity contribution is 9.09. The molecule has 3 unspecified atom stereocenters. The van der Waals surface area contributed by atoms with Crippen LogP contribution in [0.5, 0.6) is 5.75 Å². The molecule has 2 rings (SSSR count). The second-order valence-corrected chi connectivity index (χ2v) is 5.74. The lowest BCUT2D eigenvalue weighted by atomic mass is 9.93. The SMILES string of the molecule is COc1ccc(Cl)cc1C(Br)C1CCOC1C. The summed E-state index contributed by atoms with van der Waals surface area (Å²) in [6.07, 6.45) is 1.33. The first kappa shape index (κ1) is 13.2. The van der Waals surface area contributed by atoms with Crippen molar-refractivity contribution in [1.29, 1.82) is 0 Å². The van der Waals surface area contributed by atoms with Crippen molar-refractivity contribution in [2.75, 3.05) is 13.7 Å². The molecule has 1 aliphatic rings. The van der Waals surface area contributed by atoms with Crippen LogP contribution in [0.2, 0.25) is 5.02 Å². The van der Waals surface area contributed by atoms with E-state index < -0.39 is 0 Å². The molecule has 2 nitrogen and oxygen atoms in total. The predicted molar refractivity (Wildman–Crippen MR) is 73.2 cm³/mol. The van der Waals surface area contributed by atoms with Crippen molar-refractivity contribution in [3.8, 4) is 5.75 Å². The Hall–Kier alpha value is -0.250. The van der Waals surface area contributed by atoms with Crippen LogP contribution in [0.15, 0.2) is 18.2 Å². The molecule has 1 saturated heterocycles. The first-order valence-corrected chi connectivity index (χ1v) is 7.02. The fraction of sp³-hybridized carbons (Fsp3) is 0.538. The summed E-state index contributed by atoms with van der Waals surface area (Å²) in [5, 5.41) is 0.733. The minimum atomic E-state index is 0.216. The minimum absolute atomic E-state index is 0.216. The molecule has 0 bridgehead atoms. The summed E-state index contributed by atoms with van der Waals surface area (Å²) in [5.41, 5.74) is 1.10. The molecule has 1 fully saturated rings. The predicted octanol–water partition coefficient (Wildman–Crippen LogP) is 4.21. The van der Waals surface area contributed by atoms with Gasteiger partial charge in [0.1, 0.15) is 5.75 Å². The second-order valence-electron chi connectivity index (χ2n) is 4.32. The van der Waals surface area contributed by atoms with Gasteiger partial charge in [-0.1, -0.05) is 27.5 Å². The molecule has 1 aromatic rings. The van der Waals surface area contributed by atoms with Gasteiger partial charge in [0.25, 0.3) is 0 Å². The standard InChI is InChI=1S/C13H16BrClO2/c1-8-10(5-6-17-8)13(14)11-7-9(15)3-4-12(11)16-2/h3-4,7-8,10,13H,5-6H2,1-2H3. The van der Waals surface area contributed by atoms with E-state index in [2.05, 4.69) is 22.9 Å². The molecule has 1 aromatic carbocycles. The Morgan fingerprint density at radius 1 is 1.53 bits per heavy atom. The Labute approximate surface area is 115 Å². The van der Waals surface area contributed by atoms with Gasteiger partial charge in [0, 0.05) is 27.9 Å². The van der Waals surface area contributed by atoms with Crippen molar-refractivity contribution in [2.45, 2.75) is 24.3 Å². The van der Waals surface area contributed by atoms with Crippen LogP contribution in [0.3, 0.4) is 0 Å². The van der Waals surface area contributed by atoms with E-state index in [1.807, 2.05) is 18.2 Å². The van der Waals surface area contributed by atoms with Gasteiger partial charge in [-0.25, -0.2) is 0 Å². The van der Waals surface area contributed by atoms with Crippen LogP contribution in [0.4, 0.5) is 0 Å². The highest BCUT2D eigenvalue weighted by Gasteiger charge is 2.32. The lowest BCUT2D eigenvalue weighted by Crippen LogP contribution is -2.16. The van der Waals surface area contributed by atoms with E-state index in [1.165, 1.54) is 0 Å². The third-order valence-electron chi connectivity index (χ3n) is 3.30. The lowest BCUT2D eigenvalue weighted by molar-refractivity contribution is 0.105. The molecule has 0 radical (unpaired) electrons. The normalized spacial score (nSPS) is 25.9. The summed E-state index contributed by atoms with van der Waals surface area (Å²) < 4.78 is 11.0. The molecule has 3 atom stereocenters. The fourth-order valence-corrected chi connectivity index (χ4v) is 3.52. The number of alkyl halides is 1. The van der Waals surface area contributed by atoms with Crippen LogP contribution < -0.4 is 4.74 Å². The van der Waals surface area contributed by atoms with Gasteiger partial charge in [-0.3, -0.25) is 0 Å². The topological polar surface area (TPSA) is 18.5 Å². The van der Waals surface area contributed by atoms with Crippen LogP contribution in [0, 0.1) is 5.92 Å². The van der Waals surface area contributed by atoms with Crippen LogP contribution >= 0.6 is 27.5 Å². The highest BCUT2D eigenvalue weighted by Crippen LogP contribution is 2.43. The first-order chi connectivity index (χ1) is 8.13. The highest BCUT2D eigenvalue weighted by atomic mass is 79.9. The molecule has 1 heterocycles. The van der Waals surface area contributed by atoms with Crippen molar-refractivity contribution < 1.29 is 9.47 Å². The Morgan fingerprint density at radius 2 is 2.29 bits per heavy atom. The van der Waals surface area contributed by atoms with Crippen molar-refractivity contribution >= 4 is 27.5 Å². The van der Waals surface area contributed by atoms with Gasteiger partial charge in [-0.2, -0.15) is 0 Å². The van der Waals surface area contributed by atoms with Crippen LogP contribution in [-0.4, -0.2) is 19.8 Å². The number of rotatable bonds is 3. The van der Waals surface area contributed by atoms with Crippen molar-refractivity contribution in [3.05, 3.63) is 28.8 Å². The van der Waals surface area contributed by atoms with E-state index >= 15 is 0 Å². The monoisotopic (exact) mass is 318 g/mol. The van der Waals surface area contributed by atoms with E-state index in [0.29, 0.717) is 5.92 Å². The van der Waals surface area contributed by atoms with Crippen LogP contribution in [0.25, 0.3) is 0 Å². The molecule has 0 amide bonds. The smallest absolute Gasteiger partial charge is 0.123 e. The number of benzene rings is 1. The maximum atomic E-state index is 6.05. The maximum Gasteiger partial charge on any atom is 0.123 e. The molecule has 0 aromatic heterocycles. The Bertz CT molecular complexity index is 397. The number of ether oxygens (including phenoxy) is 2. The molecular weight excluding hydrogens is 303 g/mol. The number of hydrogen-bond acceptors (Lipinski definition) is 2. The fourth-order valence-electron chi connectivity index (χ4n) is 2.28. The van der Waals surface area contributed by atoms with E-state index in [9.17, 15) is 0 Å². The summed E-state index contributed by atoms with van der Waals surface area (Å²) in [6.45, 7) is 2.94. The number of methoxy groups -OCH3 is 1. The molecule has 4 heteroatoms. The average molecular weight is 320 g/mol. The van der Waals surface area contributed by atoms with Gasteiger partial charge >= 0.3 is 0 Å². The molecular formula is C13H16BrClO2. The van der Waals surface area contributed by atoms with Gasteiger partial charge in [0.15, 0.2) is 0 Å². The second kappa shape index (κ2) is 5.59.